The molecule has 1 rings (SSSR count). The predicted molar refractivity (Wildman–Crippen MR) is 96.5 cm³/mol. The molecule has 3 N–H and O–H groups in total. The molecule has 0 aliphatic carbocycles. The Bertz CT molecular complexity index is 747. The van der Waals surface area contributed by atoms with Gasteiger partial charge in [-0.25, -0.2) is 13.1 Å². The number of hydrogen-bond acceptors (Lipinski definition) is 5. The Labute approximate surface area is 154 Å². The molecule has 1 aromatic carbocycles. The Morgan fingerprint density at radius 3 is 2.50 bits per heavy atom. The van der Waals surface area contributed by atoms with Crippen LogP contribution < -0.4 is 10.0 Å². The maximum absolute atomic E-state index is 12.5. The van der Waals surface area contributed by atoms with Crippen LogP contribution in [0.15, 0.2) is 29.2 Å². The first-order valence-corrected chi connectivity index (χ1v) is 9.63. The minimum atomic E-state index is -3.77. The molecule has 0 spiro atoms. The second-order valence-corrected chi connectivity index (χ2v) is 8.28. The van der Waals surface area contributed by atoms with Gasteiger partial charge in [0.2, 0.25) is 10.0 Å². The average Bonchev–Trinajstić information content (AvgIpc) is 2.54. The van der Waals surface area contributed by atoms with E-state index < -0.39 is 27.4 Å². The van der Waals surface area contributed by atoms with E-state index in [9.17, 15) is 18.0 Å². The number of benzene rings is 1. The minimum absolute atomic E-state index is 0.0502. The monoisotopic (exact) mass is 386 g/mol. The van der Waals surface area contributed by atoms with Crippen molar-refractivity contribution in [2.75, 3.05) is 20.3 Å². The van der Waals surface area contributed by atoms with Crippen molar-refractivity contribution in [3.8, 4) is 0 Å². The van der Waals surface area contributed by atoms with Crippen molar-refractivity contribution >= 4 is 21.9 Å². The highest BCUT2D eigenvalue weighted by molar-refractivity contribution is 7.89. The molecule has 0 bridgehead atoms. The first-order chi connectivity index (χ1) is 12.0. The molecule has 1 amide bonds. The van der Waals surface area contributed by atoms with Crippen LogP contribution in [-0.2, 0) is 19.6 Å². The topological polar surface area (TPSA) is 122 Å². The molecule has 8 nitrogen and oxygen atoms in total. The number of carboxylic acid groups (broad SMARTS) is 1. The zero-order chi connectivity index (χ0) is 20.0. The molecule has 0 radical (unpaired) electrons. The Morgan fingerprint density at radius 1 is 1.31 bits per heavy atom. The van der Waals surface area contributed by atoms with E-state index in [1.807, 2.05) is 13.8 Å². The van der Waals surface area contributed by atoms with Gasteiger partial charge in [0.1, 0.15) is 0 Å². The van der Waals surface area contributed by atoms with Crippen LogP contribution in [0.3, 0.4) is 0 Å². The van der Waals surface area contributed by atoms with Gasteiger partial charge in [-0.1, -0.05) is 19.9 Å². The second kappa shape index (κ2) is 9.11. The van der Waals surface area contributed by atoms with Crippen LogP contribution >= 0.6 is 0 Å². The summed E-state index contributed by atoms with van der Waals surface area (Å²) in [5.41, 5.74) is -0.828. The Kier molecular flexibility index (Phi) is 7.73. The fourth-order valence-electron chi connectivity index (χ4n) is 2.20. The van der Waals surface area contributed by atoms with Crippen molar-refractivity contribution in [1.82, 2.24) is 10.0 Å². The molecule has 0 saturated heterocycles. The van der Waals surface area contributed by atoms with E-state index in [-0.39, 0.29) is 35.9 Å². The van der Waals surface area contributed by atoms with Crippen LogP contribution in [0.25, 0.3) is 0 Å². The lowest BCUT2D eigenvalue weighted by Crippen LogP contribution is -2.51. The normalized spacial score (nSPS) is 14.0. The zero-order valence-corrected chi connectivity index (χ0v) is 16.2. The van der Waals surface area contributed by atoms with Gasteiger partial charge in [0.15, 0.2) is 0 Å². The summed E-state index contributed by atoms with van der Waals surface area (Å²) in [5.74, 6) is -1.69. The number of aliphatic carboxylic acids is 1. The predicted octanol–water partition coefficient (Wildman–Crippen LogP) is 1.23. The summed E-state index contributed by atoms with van der Waals surface area (Å²) in [4.78, 5) is 23.6. The summed E-state index contributed by atoms with van der Waals surface area (Å²) < 4.78 is 31.7. The number of rotatable bonds is 10. The van der Waals surface area contributed by atoms with Crippen LogP contribution in [0.5, 0.6) is 0 Å². The summed E-state index contributed by atoms with van der Waals surface area (Å²) in [6.07, 6.45) is -0.243. The van der Waals surface area contributed by atoms with Gasteiger partial charge in [0.05, 0.1) is 23.5 Å². The van der Waals surface area contributed by atoms with Gasteiger partial charge < -0.3 is 15.2 Å². The molecule has 1 atom stereocenters. The molecule has 26 heavy (non-hydrogen) atoms. The number of amides is 1. The Balaban J connectivity index is 3.02. The van der Waals surface area contributed by atoms with Crippen molar-refractivity contribution in [2.24, 2.45) is 5.92 Å². The van der Waals surface area contributed by atoms with Crippen LogP contribution in [-0.4, -0.2) is 51.2 Å². The third kappa shape index (κ3) is 6.08. The van der Waals surface area contributed by atoms with Crippen LogP contribution in [0.1, 0.15) is 37.6 Å². The SMILES string of the molecule is COCCNS(=O)(=O)c1cccc(C(=O)NC(C)(CC(=O)O)C(C)C)c1. The third-order valence-electron chi connectivity index (χ3n) is 4.20. The van der Waals surface area contributed by atoms with Crippen molar-refractivity contribution in [3.63, 3.8) is 0 Å². The Hall–Kier alpha value is -1.97. The smallest absolute Gasteiger partial charge is 0.305 e. The van der Waals surface area contributed by atoms with Crippen LogP contribution in [0, 0.1) is 5.92 Å². The van der Waals surface area contributed by atoms with Gasteiger partial charge in [0, 0.05) is 19.2 Å². The highest BCUT2D eigenvalue weighted by Crippen LogP contribution is 2.22. The molecule has 0 heterocycles. The number of methoxy groups -OCH3 is 1. The maximum atomic E-state index is 12.5. The molecule has 1 unspecified atom stereocenters. The fourth-order valence-corrected chi connectivity index (χ4v) is 3.26. The lowest BCUT2D eigenvalue weighted by atomic mass is 9.85. The quantitative estimate of drug-likeness (QED) is 0.520. The summed E-state index contributed by atoms with van der Waals surface area (Å²) >= 11 is 0. The number of hydrogen-bond donors (Lipinski definition) is 3. The number of nitrogens with one attached hydrogen (secondary N) is 2. The van der Waals surface area contributed by atoms with Gasteiger partial charge >= 0.3 is 5.97 Å². The van der Waals surface area contributed by atoms with Crippen molar-refractivity contribution in [1.29, 1.82) is 0 Å². The summed E-state index contributed by atoms with van der Waals surface area (Å²) in [6.45, 7) is 5.60. The molecular formula is C17H26N2O6S. The molecule has 0 aliphatic heterocycles. The van der Waals surface area contributed by atoms with E-state index in [0.29, 0.717) is 0 Å². The molecule has 0 aliphatic rings. The molecule has 0 saturated carbocycles. The van der Waals surface area contributed by atoms with E-state index in [1.165, 1.54) is 31.4 Å². The Morgan fingerprint density at radius 2 is 1.96 bits per heavy atom. The number of carboxylic acids is 1. The summed E-state index contributed by atoms with van der Waals surface area (Å²) in [6, 6.07) is 5.57. The zero-order valence-electron chi connectivity index (χ0n) is 15.4. The third-order valence-corrected chi connectivity index (χ3v) is 5.66. The van der Waals surface area contributed by atoms with Crippen LogP contribution in [0.2, 0.25) is 0 Å². The minimum Gasteiger partial charge on any atom is -0.481 e. The van der Waals surface area contributed by atoms with E-state index in [1.54, 1.807) is 6.92 Å². The average molecular weight is 386 g/mol. The van der Waals surface area contributed by atoms with Gasteiger partial charge in [-0.15, -0.1) is 0 Å². The largest absolute Gasteiger partial charge is 0.481 e. The second-order valence-electron chi connectivity index (χ2n) is 6.52. The van der Waals surface area contributed by atoms with E-state index in [0.717, 1.165) is 0 Å². The van der Waals surface area contributed by atoms with Crippen molar-refractivity contribution in [3.05, 3.63) is 29.8 Å². The molecule has 0 fully saturated rings. The van der Waals surface area contributed by atoms with E-state index in [4.69, 9.17) is 9.84 Å². The van der Waals surface area contributed by atoms with Gasteiger partial charge in [-0.05, 0) is 31.0 Å². The molecular weight excluding hydrogens is 360 g/mol. The highest BCUT2D eigenvalue weighted by atomic mass is 32.2. The maximum Gasteiger partial charge on any atom is 0.305 e. The molecule has 0 aromatic heterocycles. The first-order valence-electron chi connectivity index (χ1n) is 8.15. The highest BCUT2D eigenvalue weighted by Gasteiger charge is 2.33. The number of carbonyl (C=O) groups is 2. The van der Waals surface area contributed by atoms with Gasteiger partial charge in [0.25, 0.3) is 5.91 Å². The van der Waals surface area contributed by atoms with Crippen molar-refractivity contribution in [2.45, 2.75) is 37.6 Å². The van der Waals surface area contributed by atoms with Gasteiger partial charge in [-0.3, -0.25) is 9.59 Å². The lowest BCUT2D eigenvalue weighted by Gasteiger charge is -2.33. The standard InChI is InChI=1S/C17H26N2O6S/c1-12(2)17(3,11-15(20)21)19-16(22)13-6-5-7-14(10-13)26(23,24)18-8-9-25-4/h5-7,10,12,18H,8-9,11H2,1-4H3,(H,19,22)(H,20,21). The number of carbonyl (C=O) groups excluding carboxylic acids is 1. The van der Waals surface area contributed by atoms with Crippen molar-refractivity contribution < 1.29 is 27.9 Å². The molecule has 9 heteroatoms. The van der Waals surface area contributed by atoms with Gasteiger partial charge in [-0.2, -0.15) is 0 Å². The molecule has 1 aromatic rings. The van der Waals surface area contributed by atoms with E-state index >= 15 is 0 Å². The number of sulfonamides is 1. The molecule has 146 valence electrons. The van der Waals surface area contributed by atoms with E-state index in [2.05, 4.69) is 10.0 Å². The first kappa shape index (κ1) is 22.1. The lowest BCUT2D eigenvalue weighted by molar-refractivity contribution is -0.138. The summed E-state index contributed by atoms with van der Waals surface area (Å²) in [5, 5.41) is 11.8. The summed E-state index contributed by atoms with van der Waals surface area (Å²) in [7, 11) is -2.31. The van der Waals surface area contributed by atoms with Crippen LogP contribution in [0.4, 0.5) is 0 Å². The fraction of sp³-hybridized carbons (Fsp3) is 0.529. The number of ether oxygens (including phenoxy) is 1.